The van der Waals surface area contributed by atoms with E-state index in [4.69, 9.17) is 9.84 Å². The Bertz CT molecular complexity index is 626. The topological polar surface area (TPSA) is 83.9 Å². The van der Waals surface area contributed by atoms with Crippen LogP contribution in [0.3, 0.4) is 0 Å². The molecule has 1 aromatic carbocycles. The molecule has 2 amide bonds. The second-order valence-electron chi connectivity index (χ2n) is 4.17. The van der Waals surface area contributed by atoms with Crippen LogP contribution in [0.15, 0.2) is 29.2 Å². The van der Waals surface area contributed by atoms with E-state index in [-0.39, 0.29) is 4.91 Å². The summed E-state index contributed by atoms with van der Waals surface area (Å²) in [5, 5.41) is 8.12. The summed E-state index contributed by atoms with van der Waals surface area (Å²) in [6, 6.07) is 7.08. The lowest BCUT2D eigenvalue weighted by Gasteiger charge is -2.07. The minimum Gasteiger partial charge on any atom is -0.494 e. The van der Waals surface area contributed by atoms with Gasteiger partial charge in [-0.2, -0.15) is 0 Å². The number of carboxylic acids is 1. The number of hydrogen-bond donors (Lipinski definition) is 1. The Kier molecular flexibility index (Phi) is 4.64. The van der Waals surface area contributed by atoms with Gasteiger partial charge in [-0.15, -0.1) is 0 Å². The van der Waals surface area contributed by atoms with Gasteiger partial charge in [-0.25, -0.2) is 0 Å². The molecule has 6 nitrogen and oxygen atoms in total. The maximum absolute atomic E-state index is 12.0. The van der Waals surface area contributed by atoms with Gasteiger partial charge < -0.3 is 9.84 Å². The predicted octanol–water partition coefficient (Wildman–Crippen LogP) is 2.21. The Morgan fingerprint density at radius 1 is 1.43 bits per heavy atom. The highest BCUT2D eigenvalue weighted by atomic mass is 32.2. The van der Waals surface area contributed by atoms with E-state index in [2.05, 4.69) is 0 Å². The van der Waals surface area contributed by atoms with Crippen molar-refractivity contribution in [3.63, 3.8) is 0 Å². The molecule has 21 heavy (non-hydrogen) atoms. The number of aliphatic carboxylic acids is 1. The van der Waals surface area contributed by atoms with E-state index >= 15 is 0 Å². The van der Waals surface area contributed by atoms with Crippen molar-refractivity contribution in [1.29, 1.82) is 0 Å². The van der Waals surface area contributed by atoms with Gasteiger partial charge in [-0.3, -0.25) is 19.3 Å². The van der Waals surface area contributed by atoms with Crippen molar-refractivity contribution in [2.75, 3.05) is 13.2 Å². The molecule has 1 heterocycles. The quantitative estimate of drug-likeness (QED) is 0.840. The van der Waals surface area contributed by atoms with Crippen molar-refractivity contribution in [1.82, 2.24) is 4.90 Å². The van der Waals surface area contributed by atoms with E-state index in [1.54, 1.807) is 30.3 Å². The number of benzene rings is 1. The number of ether oxygens (including phenoxy) is 1. The molecule has 0 unspecified atom stereocenters. The lowest BCUT2D eigenvalue weighted by atomic mass is 10.2. The summed E-state index contributed by atoms with van der Waals surface area (Å²) >= 11 is 0.732. The third kappa shape index (κ3) is 3.63. The maximum Gasteiger partial charge on any atom is 0.323 e. The second-order valence-corrected chi connectivity index (χ2v) is 5.16. The molecule has 0 spiro atoms. The highest BCUT2D eigenvalue weighted by Crippen LogP contribution is 2.32. The van der Waals surface area contributed by atoms with Crippen LogP contribution in [0.4, 0.5) is 4.79 Å². The Morgan fingerprint density at radius 3 is 2.86 bits per heavy atom. The van der Waals surface area contributed by atoms with Gasteiger partial charge in [-0.1, -0.05) is 12.1 Å². The third-order valence-corrected chi connectivity index (χ3v) is 3.54. The number of carboxylic acid groups (broad SMARTS) is 1. The van der Waals surface area contributed by atoms with E-state index in [1.807, 2.05) is 6.92 Å². The second kappa shape index (κ2) is 6.45. The largest absolute Gasteiger partial charge is 0.494 e. The van der Waals surface area contributed by atoms with Gasteiger partial charge in [0.1, 0.15) is 12.3 Å². The Hall–Kier alpha value is -2.28. The molecule has 1 fully saturated rings. The molecule has 2 rings (SSSR count). The van der Waals surface area contributed by atoms with Crippen molar-refractivity contribution in [2.45, 2.75) is 6.92 Å². The van der Waals surface area contributed by atoms with E-state index in [0.717, 1.165) is 11.8 Å². The van der Waals surface area contributed by atoms with E-state index in [9.17, 15) is 14.4 Å². The fourth-order valence-electron chi connectivity index (χ4n) is 1.78. The zero-order valence-electron chi connectivity index (χ0n) is 11.2. The molecule has 0 radical (unpaired) electrons. The predicted molar refractivity (Wildman–Crippen MR) is 77.9 cm³/mol. The molecule has 0 atom stereocenters. The highest BCUT2D eigenvalue weighted by Gasteiger charge is 2.36. The fourth-order valence-corrected chi connectivity index (χ4v) is 2.62. The lowest BCUT2D eigenvalue weighted by Crippen LogP contribution is -2.33. The number of imide groups is 1. The highest BCUT2D eigenvalue weighted by molar-refractivity contribution is 8.18. The van der Waals surface area contributed by atoms with Gasteiger partial charge in [0.25, 0.3) is 11.1 Å². The number of rotatable bonds is 5. The first kappa shape index (κ1) is 15.1. The number of nitrogens with zero attached hydrogens (tertiary/aromatic N) is 1. The molecular weight excluding hydrogens is 294 g/mol. The molecular formula is C14H13NO5S. The number of amides is 2. The van der Waals surface area contributed by atoms with Crippen LogP contribution in [0.25, 0.3) is 6.08 Å². The zero-order chi connectivity index (χ0) is 15.4. The summed E-state index contributed by atoms with van der Waals surface area (Å²) in [5.41, 5.74) is 0.710. The zero-order valence-corrected chi connectivity index (χ0v) is 12.1. The summed E-state index contributed by atoms with van der Waals surface area (Å²) in [5.74, 6) is -1.15. The Labute approximate surface area is 125 Å². The maximum atomic E-state index is 12.0. The summed E-state index contributed by atoms with van der Waals surface area (Å²) in [6.07, 6.45) is 1.55. The van der Waals surface area contributed by atoms with Gasteiger partial charge >= 0.3 is 5.97 Å². The Morgan fingerprint density at radius 2 is 2.19 bits per heavy atom. The smallest absolute Gasteiger partial charge is 0.323 e. The molecule has 1 aliphatic heterocycles. The molecule has 1 aliphatic rings. The number of hydrogen-bond acceptors (Lipinski definition) is 5. The minimum absolute atomic E-state index is 0.204. The standard InChI is InChI=1S/C14H13NO5S/c1-2-20-10-5-3-4-9(6-10)7-11-13(18)15(8-12(16)17)14(19)21-11/h3-7H,2,8H2,1H3,(H,16,17)/b11-7+. The van der Waals surface area contributed by atoms with Gasteiger partial charge in [0.2, 0.25) is 0 Å². The fraction of sp³-hybridized carbons (Fsp3) is 0.214. The molecule has 110 valence electrons. The number of carbonyl (C=O) groups is 3. The van der Waals surface area contributed by atoms with Gasteiger partial charge in [0.05, 0.1) is 11.5 Å². The molecule has 0 aliphatic carbocycles. The Balaban J connectivity index is 2.22. The van der Waals surface area contributed by atoms with Gasteiger partial charge in [0.15, 0.2) is 0 Å². The molecule has 1 saturated heterocycles. The van der Waals surface area contributed by atoms with Crippen LogP contribution in [0, 0.1) is 0 Å². The molecule has 0 saturated carbocycles. The van der Waals surface area contributed by atoms with Crippen molar-refractivity contribution in [3.8, 4) is 5.75 Å². The van der Waals surface area contributed by atoms with Gasteiger partial charge in [0, 0.05) is 0 Å². The van der Waals surface area contributed by atoms with E-state index in [0.29, 0.717) is 22.8 Å². The number of thioether (sulfide) groups is 1. The van der Waals surface area contributed by atoms with Crippen molar-refractivity contribution in [3.05, 3.63) is 34.7 Å². The van der Waals surface area contributed by atoms with Crippen LogP contribution >= 0.6 is 11.8 Å². The normalized spacial score (nSPS) is 16.6. The van der Waals surface area contributed by atoms with Crippen LogP contribution in [0.1, 0.15) is 12.5 Å². The number of carbonyl (C=O) groups excluding carboxylic acids is 2. The SMILES string of the molecule is CCOc1cccc(/C=C2/SC(=O)N(CC(=O)O)C2=O)c1. The van der Waals surface area contributed by atoms with Crippen LogP contribution in [0.2, 0.25) is 0 Å². The van der Waals surface area contributed by atoms with E-state index < -0.39 is 23.7 Å². The molecule has 1 N–H and O–H groups in total. The van der Waals surface area contributed by atoms with Crippen molar-refractivity contribution >= 4 is 35.0 Å². The van der Waals surface area contributed by atoms with E-state index in [1.165, 1.54) is 0 Å². The summed E-state index contributed by atoms with van der Waals surface area (Å²) in [4.78, 5) is 35.2. The van der Waals surface area contributed by atoms with Crippen LogP contribution in [-0.2, 0) is 9.59 Å². The molecule has 0 bridgehead atoms. The molecule has 0 aromatic heterocycles. The van der Waals surface area contributed by atoms with Crippen LogP contribution in [0.5, 0.6) is 5.75 Å². The van der Waals surface area contributed by atoms with Crippen LogP contribution in [-0.4, -0.2) is 40.3 Å². The average molecular weight is 307 g/mol. The summed E-state index contributed by atoms with van der Waals surface area (Å²) < 4.78 is 5.36. The first-order valence-electron chi connectivity index (χ1n) is 6.21. The summed E-state index contributed by atoms with van der Waals surface area (Å²) in [7, 11) is 0. The monoisotopic (exact) mass is 307 g/mol. The molecule has 1 aromatic rings. The third-order valence-electron chi connectivity index (χ3n) is 2.63. The van der Waals surface area contributed by atoms with Gasteiger partial charge in [-0.05, 0) is 42.5 Å². The minimum atomic E-state index is -1.23. The first-order chi connectivity index (χ1) is 10.0. The van der Waals surface area contributed by atoms with Crippen LogP contribution < -0.4 is 4.74 Å². The average Bonchev–Trinajstić information content (AvgIpc) is 2.67. The first-order valence-corrected chi connectivity index (χ1v) is 7.03. The summed E-state index contributed by atoms with van der Waals surface area (Å²) in [6.45, 7) is 1.77. The lowest BCUT2D eigenvalue weighted by molar-refractivity contribution is -0.140. The molecule has 7 heteroatoms. The van der Waals surface area contributed by atoms with Crippen molar-refractivity contribution in [2.24, 2.45) is 0 Å². The van der Waals surface area contributed by atoms with Crippen molar-refractivity contribution < 1.29 is 24.2 Å².